The molecule has 7 nitrogen and oxygen atoms in total. The molecule has 4 aromatic rings. The Bertz CT molecular complexity index is 1280. The van der Waals surface area contributed by atoms with Crippen LogP contribution in [0.4, 0.5) is 10.1 Å². The van der Waals surface area contributed by atoms with E-state index in [-0.39, 0.29) is 17.1 Å². The number of anilines is 1. The van der Waals surface area contributed by atoms with Gasteiger partial charge < -0.3 is 11.1 Å². The molecule has 0 aliphatic carbocycles. The maximum atomic E-state index is 13.4. The molecule has 30 heavy (non-hydrogen) atoms. The van der Waals surface area contributed by atoms with Crippen LogP contribution in [0.25, 0.3) is 10.9 Å². The number of pyridine rings is 1. The highest BCUT2D eigenvalue weighted by molar-refractivity contribution is 6.10. The predicted molar refractivity (Wildman–Crippen MR) is 111 cm³/mol. The van der Waals surface area contributed by atoms with Crippen LogP contribution in [0.2, 0.25) is 0 Å². The van der Waals surface area contributed by atoms with Crippen LogP contribution in [-0.2, 0) is 6.54 Å². The van der Waals surface area contributed by atoms with Crippen molar-refractivity contribution >= 4 is 28.4 Å². The Labute approximate surface area is 171 Å². The highest BCUT2D eigenvalue weighted by atomic mass is 19.1. The lowest BCUT2D eigenvalue weighted by Crippen LogP contribution is -2.18. The highest BCUT2D eigenvalue weighted by Crippen LogP contribution is 2.20. The molecule has 0 radical (unpaired) electrons. The van der Waals surface area contributed by atoms with Gasteiger partial charge >= 0.3 is 0 Å². The summed E-state index contributed by atoms with van der Waals surface area (Å²) in [6.07, 6.45) is 1.52. The number of fused-ring (bicyclic) bond motifs is 1. The molecule has 0 spiro atoms. The van der Waals surface area contributed by atoms with Gasteiger partial charge in [-0.05, 0) is 36.8 Å². The molecule has 2 amide bonds. The fraction of sp³-hybridized carbons (Fsp3) is 0.0909. The number of benzene rings is 2. The summed E-state index contributed by atoms with van der Waals surface area (Å²) in [6.45, 7) is 2.16. The van der Waals surface area contributed by atoms with Gasteiger partial charge in [-0.1, -0.05) is 30.3 Å². The standard InChI is InChI=1S/C22H18FN5O2/c1-13-20(11-25-28(13)12-14-5-4-6-15(23)9-14)27-22(30)19-10-17(21(24)29)16-7-2-3-8-18(16)26-19/h2-11H,12H2,1H3,(H2,24,29)(H,27,30). The van der Waals surface area contributed by atoms with Crippen LogP contribution in [0.3, 0.4) is 0 Å². The highest BCUT2D eigenvalue weighted by Gasteiger charge is 2.17. The van der Waals surface area contributed by atoms with E-state index in [1.54, 1.807) is 48.0 Å². The van der Waals surface area contributed by atoms with Crippen molar-refractivity contribution in [2.75, 3.05) is 5.32 Å². The molecule has 0 saturated carbocycles. The monoisotopic (exact) mass is 403 g/mol. The van der Waals surface area contributed by atoms with Crippen molar-refractivity contribution in [3.8, 4) is 0 Å². The van der Waals surface area contributed by atoms with Crippen molar-refractivity contribution in [3.63, 3.8) is 0 Å². The lowest BCUT2D eigenvalue weighted by molar-refractivity contribution is 0.100. The molecule has 4 rings (SSSR count). The van der Waals surface area contributed by atoms with E-state index in [1.807, 2.05) is 0 Å². The molecule has 2 heterocycles. The summed E-state index contributed by atoms with van der Waals surface area (Å²) in [7, 11) is 0. The average molecular weight is 403 g/mol. The molecule has 2 aromatic heterocycles. The molecule has 0 atom stereocenters. The van der Waals surface area contributed by atoms with Crippen LogP contribution >= 0.6 is 0 Å². The van der Waals surface area contributed by atoms with E-state index in [2.05, 4.69) is 15.4 Å². The molecule has 2 aromatic carbocycles. The largest absolute Gasteiger partial charge is 0.366 e. The van der Waals surface area contributed by atoms with Gasteiger partial charge in [0.05, 0.1) is 35.2 Å². The summed E-state index contributed by atoms with van der Waals surface area (Å²) >= 11 is 0. The number of aromatic nitrogens is 3. The van der Waals surface area contributed by atoms with Crippen LogP contribution in [0.1, 0.15) is 32.1 Å². The van der Waals surface area contributed by atoms with Crippen LogP contribution in [0.5, 0.6) is 0 Å². The minimum atomic E-state index is -0.637. The van der Waals surface area contributed by atoms with Crippen LogP contribution < -0.4 is 11.1 Å². The van der Waals surface area contributed by atoms with Crippen LogP contribution in [-0.4, -0.2) is 26.6 Å². The van der Waals surface area contributed by atoms with Crippen molar-refractivity contribution in [3.05, 3.63) is 89.1 Å². The molecule has 3 N–H and O–H groups in total. The third-order valence-corrected chi connectivity index (χ3v) is 4.79. The second-order valence-corrected chi connectivity index (χ2v) is 6.82. The number of nitrogens with two attached hydrogens (primary N) is 1. The van der Waals surface area contributed by atoms with Crippen LogP contribution in [0.15, 0.2) is 60.8 Å². The van der Waals surface area contributed by atoms with Gasteiger partial charge in [-0.2, -0.15) is 5.10 Å². The number of para-hydroxylation sites is 1. The van der Waals surface area contributed by atoms with Gasteiger partial charge in [0.15, 0.2) is 0 Å². The molecule has 0 saturated heterocycles. The fourth-order valence-electron chi connectivity index (χ4n) is 3.22. The molecule has 0 unspecified atom stereocenters. The average Bonchev–Trinajstić information content (AvgIpc) is 3.06. The van der Waals surface area contributed by atoms with Gasteiger partial charge in [0.1, 0.15) is 11.5 Å². The van der Waals surface area contributed by atoms with Gasteiger partial charge in [0, 0.05) is 5.39 Å². The maximum absolute atomic E-state index is 13.4. The van der Waals surface area contributed by atoms with Crippen molar-refractivity contribution in [1.82, 2.24) is 14.8 Å². The zero-order chi connectivity index (χ0) is 21.3. The van der Waals surface area contributed by atoms with E-state index in [0.717, 1.165) is 5.56 Å². The van der Waals surface area contributed by atoms with Gasteiger partial charge in [0.25, 0.3) is 5.91 Å². The number of hydrogen-bond acceptors (Lipinski definition) is 4. The van der Waals surface area contributed by atoms with E-state index in [0.29, 0.717) is 28.8 Å². The Hall–Kier alpha value is -4.07. The number of hydrogen-bond donors (Lipinski definition) is 2. The van der Waals surface area contributed by atoms with Crippen molar-refractivity contribution < 1.29 is 14.0 Å². The third-order valence-electron chi connectivity index (χ3n) is 4.79. The van der Waals surface area contributed by atoms with Gasteiger partial charge in [0.2, 0.25) is 5.91 Å². The lowest BCUT2D eigenvalue weighted by Gasteiger charge is -2.09. The normalized spacial score (nSPS) is 10.9. The number of rotatable bonds is 5. The fourth-order valence-corrected chi connectivity index (χ4v) is 3.22. The van der Waals surface area contributed by atoms with Crippen molar-refractivity contribution in [2.24, 2.45) is 5.73 Å². The first-order chi connectivity index (χ1) is 14.4. The Morgan fingerprint density at radius 1 is 1.13 bits per heavy atom. The molecular weight excluding hydrogens is 385 g/mol. The molecular formula is C22H18FN5O2. The summed E-state index contributed by atoms with van der Waals surface area (Å²) in [6, 6.07) is 14.6. The topological polar surface area (TPSA) is 103 Å². The van der Waals surface area contributed by atoms with Gasteiger partial charge in [-0.15, -0.1) is 0 Å². The molecule has 0 aliphatic rings. The summed E-state index contributed by atoms with van der Waals surface area (Å²) in [5.74, 6) is -1.45. The number of halogens is 1. The van der Waals surface area contributed by atoms with Crippen LogP contribution in [0, 0.1) is 12.7 Å². The number of nitrogens with zero attached hydrogens (tertiary/aromatic N) is 3. The molecule has 0 fully saturated rings. The minimum Gasteiger partial charge on any atom is -0.366 e. The zero-order valence-corrected chi connectivity index (χ0v) is 16.1. The summed E-state index contributed by atoms with van der Waals surface area (Å²) in [5, 5.41) is 7.62. The second-order valence-electron chi connectivity index (χ2n) is 6.82. The maximum Gasteiger partial charge on any atom is 0.274 e. The first-order valence-corrected chi connectivity index (χ1v) is 9.20. The molecule has 8 heteroatoms. The predicted octanol–water partition coefficient (Wildman–Crippen LogP) is 3.28. The zero-order valence-electron chi connectivity index (χ0n) is 16.1. The Kier molecular flexibility index (Phi) is 4.97. The minimum absolute atomic E-state index is 0.0692. The van der Waals surface area contributed by atoms with Crippen molar-refractivity contribution in [1.29, 1.82) is 0 Å². The molecule has 0 bridgehead atoms. The molecule has 150 valence electrons. The second kappa shape index (κ2) is 7.75. The van der Waals surface area contributed by atoms with Gasteiger partial charge in [-0.25, -0.2) is 9.37 Å². The first-order valence-electron chi connectivity index (χ1n) is 9.20. The van der Waals surface area contributed by atoms with E-state index in [9.17, 15) is 14.0 Å². The number of primary amides is 1. The Morgan fingerprint density at radius 2 is 1.93 bits per heavy atom. The summed E-state index contributed by atoms with van der Waals surface area (Å²) in [4.78, 5) is 29.0. The number of carbonyl (C=O) groups excluding carboxylic acids is 2. The number of amides is 2. The van der Waals surface area contributed by atoms with Gasteiger partial charge in [-0.3, -0.25) is 14.3 Å². The van der Waals surface area contributed by atoms with E-state index < -0.39 is 11.8 Å². The number of carbonyl (C=O) groups is 2. The van der Waals surface area contributed by atoms with E-state index in [1.165, 1.54) is 24.4 Å². The quantitative estimate of drug-likeness (QED) is 0.534. The third kappa shape index (κ3) is 3.75. The van der Waals surface area contributed by atoms with Crippen molar-refractivity contribution in [2.45, 2.75) is 13.5 Å². The van der Waals surface area contributed by atoms with E-state index >= 15 is 0 Å². The summed E-state index contributed by atoms with van der Waals surface area (Å²) in [5.41, 5.74) is 8.21. The van der Waals surface area contributed by atoms with E-state index in [4.69, 9.17) is 5.73 Å². The first kappa shape index (κ1) is 19.3. The smallest absolute Gasteiger partial charge is 0.274 e. The number of nitrogens with one attached hydrogen (secondary N) is 1. The summed E-state index contributed by atoms with van der Waals surface area (Å²) < 4.78 is 15.1. The Balaban J connectivity index is 1.60. The Morgan fingerprint density at radius 3 is 2.70 bits per heavy atom. The molecule has 0 aliphatic heterocycles. The lowest BCUT2D eigenvalue weighted by atomic mass is 10.1. The SMILES string of the molecule is Cc1c(NC(=O)c2cc(C(N)=O)c3ccccc3n2)cnn1Cc1cccc(F)c1.